The van der Waals surface area contributed by atoms with Crippen molar-refractivity contribution in [3.63, 3.8) is 0 Å². The molecular weight excluding hydrogens is 266 g/mol. The van der Waals surface area contributed by atoms with Gasteiger partial charge in [0, 0.05) is 25.7 Å². The van der Waals surface area contributed by atoms with Crippen molar-refractivity contribution in [3.8, 4) is 0 Å². The Morgan fingerprint density at radius 3 is 2.56 bits per heavy atom. The molecule has 0 atom stereocenters. The fourth-order valence-corrected chi connectivity index (χ4v) is 2.72. The molecule has 0 saturated carbocycles. The quantitative estimate of drug-likeness (QED) is 0.699. The topological polar surface area (TPSA) is 78.4 Å². The largest absolute Gasteiger partial charge is 0.386 e. The minimum Gasteiger partial charge on any atom is -0.386 e. The minimum atomic E-state index is -4.10. The summed E-state index contributed by atoms with van der Waals surface area (Å²) in [5.74, 6) is -2.02. The molecule has 1 aromatic rings. The van der Waals surface area contributed by atoms with Gasteiger partial charge in [0.2, 0.25) is 10.0 Å². The van der Waals surface area contributed by atoms with E-state index in [1.165, 1.54) is 0 Å². The van der Waals surface area contributed by atoms with Gasteiger partial charge in [-0.3, -0.25) is 0 Å². The molecule has 0 bridgehead atoms. The zero-order valence-corrected chi connectivity index (χ0v) is 10.1. The van der Waals surface area contributed by atoms with Crippen molar-refractivity contribution in [1.82, 2.24) is 10.0 Å². The zero-order valence-electron chi connectivity index (χ0n) is 9.28. The average Bonchev–Trinajstić information content (AvgIpc) is 2.23. The Kier molecular flexibility index (Phi) is 3.37. The molecule has 0 radical (unpaired) electrons. The van der Waals surface area contributed by atoms with E-state index in [1.54, 1.807) is 0 Å². The van der Waals surface area contributed by atoms with Crippen molar-refractivity contribution >= 4 is 10.0 Å². The van der Waals surface area contributed by atoms with Crippen LogP contribution in [0.1, 0.15) is 0 Å². The van der Waals surface area contributed by atoms with Gasteiger partial charge in [-0.25, -0.2) is 21.9 Å². The highest BCUT2D eigenvalue weighted by Gasteiger charge is 2.35. The van der Waals surface area contributed by atoms with Crippen molar-refractivity contribution < 1.29 is 22.3 Å². The number of nitrogens with one attached hydrogen (secondary N) is 2. The van der Waals surface area contributed by atoms with Crippen LogP contribution in [0.4, 0.5) is 8.78 Å². The fraction of sp³-hybridized carbons (Fsp3) is 0.400. The van der Waals surface area contributed by atoms with Crippen LogP contribution in [0, 0.1) is 11.6 Å². The monoisotopic (exact) mass is 278 g/mol. The van der Waals surface area contributed by atoms with E-state index in [1.807, 2.05) is 0 Å². The van der Waals surface area contributed by atoms with Gasteiger partial charge < -0.3 is 10.4 Å². The Morgan fingerprint density at radius 1 is 1.39 bits per heavy atom. The van der Waals surface area contributed by atoms with Gasteiger partial charge in [-0.05, 0) is 12.1 Å². The number of β-amino-alcohol motifs (C(OH)–C–C–N with tert-alkyl or cyclic N) is 1. The first-order valence-electron chi connectivity index (χ1n) is 5.20. The van der Waals surface area contributed by atoms with Crippen LogP contribution in [0.3, 0.4) is 0 Å². The molecule has 1 saturated heterocycles. The summed E-state index contributed by atoms with van der Waals surface area (Å²) in [5, 5.41) is 12.5. The molecule has 8 heteroatoms. The summed E-state index contributed by atoms with van der Waals surface area (Å²) in [6.07, 6.45) is 0. The maximum absolute atomic E-state index is 13.3. The Hall–Kier alpha value is -1.09. The van der Waals surface area contributed by atoms with Gasteiger partial charge in [-0.15, -0.1) is 0 Å². The molecule has 5 nitrogen and oxygen atoms in total. The molecule has 1 heterocycles. The summed E-state index contributed by atoms with van der Waals surface area (Å²) < 4.78 is 51.6. The highest BCUT2D eigenvalue weighted by atomic mass is 32.2. The molecule has 1 aliphatic heterocycles. The van der Waals surface area contributed by atoms with Crippen molar-refractivity contribution in [3.05, 3.63) is 29.8 Å². The van der Waals surface area contributed by atoms with Crippen LogP contribution < -0.4 is 10.0 Å². The van der Waals surface area contributed by atoms with Gasteiger partial charge in [0.15, 0.2) is 0 Å². The second kappa shape index (κ2) is 4.54. The smallest absolute Gasteiger partial charge is 0.243 e. The first kappa shape index (κ1) is 13.3. The molecule has 1 aliphatic rings. The predicted molar refractivity (Wildman–Crippen MR) is 59.4 cm³/mol. The average molecular weight is 278 g/mol. The van der Waals surface area contributed by atoms with Crippen LogP contribution in [0.25, 0.3) is 0 Å². The van der Waals surface area contributed by atoms with E-state index in [0.29, 0.717) is 6.07 Å². The zero-order chi connectivity index (χ0) is 13.4. The van der Waals surface area contributed by atoms with Crippen LogP contribution in [0.2, 0.25) is 0 Å². The lowest BCUT2D eigenvalue weighted by Gasteiger charge is -2.37. The van der Waals surface area contributed by atoms with Crippen LogP contribution in [-0.2, 0) is 10.0 Å². The van der Waals surface area contributed by atoms with Crippen molar-refractivity contribution in [1.29, 1.82) is 0 Å². The number of halogens is 2. The van der Waals surface area contributed by atoms with E-state index in [-0.39, 0.29) is 19.6 Å². The molecule has 100 valence electrons. The van der Waals surface area contributed by atoms with Crippen molar-refractivity contribution in [2.45, 2.75) is 10.5 Å². The molecule has 0 aromatic heterocycles. The van der Waals surface area contributed by atoms with Gasteiger partial charge in [0.05, 0.1) is 0 Å². The Morgan fingerprint density at radius 2 is 2.06 bits per heavy atom. The second-order valence-electron chi connectivity index (χ2n) is 4.23. The molecule has 0 unspecified atom stereocenters. The van der Waals surface area contributed by atoms with Gasteiger partial charge in [0.25, 0.3) is 0 Å². The van der Waals surface area contributed by atoms with Crippen LogP contribution in [0.5, 0.6) is 0 Å². The summed E-state index contributed by atoms with van der Waals surface area (Å²) in [4.78, 5) is -0.639. The lowest BCUT2D eigenvalue weighted by molar-refractivity contribution is -0.00398. The number of aliphatic hydroxyl groups is 1. The lowest BCUT2D eigenvalue weighted by atomic mass is 9.98. The fourth-order valence-electron chi connectivity index (χ4n) is 1.54. The molecular formula is C10H12F2N2O3S. The van der Waals surface area contributed by atoms with Crippen molar-refractivity contribution in [2.75, 3.05) is 19.6 Å². The maximum atomic E-state index is 13.3. The lowest BCUT2D eigenvalue weighted by Crippen LogP contribution is -2.64. The molecule has 0 aliphatic carbocycles. The number of hydrogen-bond acceptors (Lipinski definition) is 4. The summed E-state index contributed by atoms with van der Waals surface area (Å²) in [5.41, 5.74) is -1.15. The van der Waals surface area contributed by atoms with Crippen LogP contribution >= 0.6 is 0 Å². The first-order chi connectivity index (χ1) is 8.32. The van der Waals surface area contributed by atoms with E-state index in [4.69, 9.17) is 0 Å². The number of hydrogen-bond donors (Lipinski definition) is 3. The van der Waals surface area contributed by atoms with Crippen LogP contribution in [-0.4, -0.2) is 38.8 Å². The first-order valence-corrected chi connectivity index (χ1v) is 6.69. The minimum absolute atomic E-state index is 0.223. The van der Waals surface area contributed by atoms with Gasteiger partial charge in [-0.2, -0.15) is 0 Å². The van der Waals surface area contributed by atoms with Crippen molar-refractivity contribution in [2.24, 2.45) is 0 Å². The summed E-state index contributed by atoms with van der Waals surface area (Å²) in [6.45, 7) is 0.308. The van der Waals surface area contributed by atoms with Crippen LogP contribution in [0.15, 0.2) is 23.1 Å². The van der Waals surface area contributed by atoms with E-state index >= 15 is 0 Å². The maximum Gasteiger partial charge on any atom is 0.243 e. The Balaban J connectivity index is 2.15. The molecule has 3 N–H and O–H groups in total. The third-order valence-electron chi connectivity index (χ3n) is 2.68. The van der Waals surface area contributed by atoms with Gasteiger partial charge in [0.1, 0.15) is 22.1 Å². The Labute approximate surface area is 103 Å². The normalized spacial score (nSPS) is 18.4. The van der Waals surface area contributed by atoms with E-state index in [2.05, 4.69) is 10.0 Å². The molecule has 0 amide bonds. The van der Waals surface area contributed by atoms with E-state index in [9.17, 15) is 22.3 Å². The molecule has 2 rings (SSSR count). The van der Waals surface area contributed by atoms with E-state index in [0.717, 1.165) is 12.1 Å². The number of benzene rings is 1. The predicted octanol–water partition coefficient (Wildman–Crippen LogP) is -0.423. The highest BCUT2D eigenvalue weighted by molar-refractivity contribution is 7.89. The molecule has 18 heavy (non-hydrogen) atoms. The summed E-state index contributed by atoms with van der Waals surface area (Å²) in [7, 11) is -4.10. The van der Waals surface area contributed by atoms with E-state index < -0.39 is 32.2 Å². The highest BCUT2D eigenvalue weighted by Crippen LogP contribution is 2.16. The van der Waals surface area contributed by atoms with Gasteiger partial charge >= 0.3 is 0 Å². The molecule has 0 spiro atoms. The summed E-state index contributed by atoms with van der Waals surface area (Å²) in [6, 6.07) is 2.20. The molecule has 1 fully saturated rings. The standard InChI is InChI=1S/C10H12F2N2O3S/c11-7-1-2-9(8(12)3-7)18(16,17)14-6-10(15)4-13-5-10/h1-3,13-15H,4-6H2. The Bertz CT molecular complexity index is 558. The number of sulfonamides is 1. The SMILES string of the molecule is O=S(=O)(NCC1(O)CNC1)c1ccc(F)cc1F. The second-order valence-corrected chi connectivity index (χ2v) is 5.96. The summed E-state index contributed by atoms with van der Waals surface area (Å²) >= 11 is 0. The molecule has 1 aromatic carbocycles. The van der Waals surface area contributed by atoms with Gasteiger partial charge in [-0.1, -0.05) is 0 Å². The third kappa shape index (κ3) is 2.66. The third-order valence-corrected chi connectivity index (χ3v) is 4.12. The number of rotatable bonds is 4.